The number of nitrogens with zero attached hydrogens (tertiary/aromatic N) is 3. The van der Waals surface area contributed by atoms with Gasteiger partial charge in [0.1, 0.15) is 24.2 Å². The van der Waals surface area contributed by atoms with E-state index < -0.39 is 71.0 Å². The van der Waals surface area contributed by atoms with Crippen LogP contribution in [0.15, 0.2) is 103 Å². The van der Waals surface area contributed by atoms with Gasteiger partial charge in [-0.3, -0.25) is 33.6 Å². The van der Waals surface area contributed by atoms with Gasteiger partial charge in [-0.25, -0.2) is 0 Å². The molecule has 0 bridgehead atoms. The Morgan fingerprint density at radius 2 is 1.23 bits per heavy atom. The zero-order valence-corrected chi connectivity index (χ0v) is 48.0. The molecule has 3 aliphatic rings. The first-order valence-electron chi connectivity index (χ1n) is 27.8. The Bertz CT molecular complexity index is 2810. The molecule has 7 rings (SSSR count). The lowest BCUT2D eigenvalue weighted by atomic mass is 9.84. The average molecular weight is 1080 g/mol. The second-order valence-corrected chi connectivity index (χ2v) is 23.7. The summed E-state index contributed by atoms with van der Waals surface area (Å²) in [5, 5.41) is 18.2. The van der Waals surface area contributed by atoms with Crippen LogP contribution in [0, 0.1) is 10.8 Å². The lowest BCUT2D eigenvalue weighted by molar-refractivity contribution is -0.153. The zero-order valence-electron chi connectivity index (χ0n) is 48.0. The van der Waals surface area contributed by atoms with Crippen LogP contribution in [-0.4, -0.2) is 133 Å². The molecule has 4 aromatic carbocycles. The lowest BCUT2D eigenvalue weighted by Crippen LogP contribution is -2.62. The standard InChI is InChI=1S/C62H83N9O8/c1-38(63-9)54(72)67-52(61(3,4)5)59(77)70-35-45-24-16-15-23-44(45)32-50(70)58(76)69(51(37-79-11)42-21-13-12-14-22-42)34-40-28-30-43(31-29-40)56(74)65-46-33-49(57(75)66-48-27-19-25-41-20-17-18-26-47(41)48)71(36-46)60(78)53(62(6,7)8)68-55(73)39(2)64-10/h12-18,20-24,26,28-31,38-39,46,48-53,63-64H,19,25,27,32-37H2,1-11H3,(H,65,74)(H,66,75)(H,67,72)(H,68,73)/t38-,39-,46-,48+,49-,50?,51-,52+,53+/m0/s1. The number of carbonyl (C=O) groups is 7. The summed E-state index contributed by atoms with van der Waals surface area (Å²) in [6, 6.07) is 26.0. The molecule has 6 N–H and O–H groups in total. The number of hydrogen-bond donors (Lipinski definition) is 6. The average Bonchev–Trinajstić information content (AvgIpc) is 3.93. The van der Waals surface area contributed by atoms with Crippen LogP contribution in [0.25, 0.3) is 0 Å². The van der Waals surface area contributed by atoms with Crippen molar-refractivity contribution in [3.8, 4) is 0 Å². The summed E-state index contributed by atoms with van der Waals surface area (Å²) in [6.07, 6.45) is 2.95. The Labute approximate surface area is 466 Å². The Balaban J connectivity index is 1.16. The third kappa shape index (κ3) is 14.3. The van der Waals surface area contributed by atoms with Crippen molar-refractivity contribution in [1.29, 1.82) is 0 Å². The Kier molecular flexibility index (Phi) is 19.6. The summed E-state index contributed by atoms with van der Waals surface area (Å²) in [5.41, 5.74) is 4.51. The van der Waals surface area contributed by atoms with Crippen molar-refractivity contribution in [2.75, 3.05) is 34.4 Å². The van der Waals surface area contributed by atoms with Crippen LogP contribution in [0.4, 0.5) is 0 Å². The van der Waals surface area contributed by atoms with E-state index >= 15 is 9.59 Å². The highest BCUT2D eigenvalue weighted by Gasteiger charge is 2.47. The van der Waals surface area contributed by atoms with Crippen LogP contribution in [0.1, 0.15) is 130 Å². The SMILES string of the molecule is CN[C@@H](C)C(=O)N[C@H](C(=O)N1Cc2ccccc2CC1C(=O)N(Cc1ccc(C(=O)N[C@H]2C[C@@H](C(=O)N[C@@H]3CCCc4ccccc43)N(C(=O)[C@@H](NC(=O)[C@H](C)NC)C(C)(C)C)C2)cc1)[C@@H](COC)c1ccccc1)C(C)(C)C. The van der Waals surface area contributed by atoms with Gasteiger partial charge in [0.05, 0.1) is 30.8 Å². The van der Waals surface area contributed by atoms with Crippen molar-refractivity contribution in [2.45, 2.75) is 155 Å². The first kappa shape index (κ1) is 59.7. The van der Waals surface area contributed by atoms with Crippen LogP contribution in [0.2, 0.25) is 0 Å². The summed E-state index contributed by atoms with van der Waals surface area (Å²) in [7, 11) is 4.93. The smallest absolute Gasteiger partial charge is 0.251 e. The van der Waals surface area contributed by atoms with Crippen LogP contribution in [0.5, 0.6) is 0 Å². The van der Waals surface area contributed by atoms with Gasteiger partial charge < -0.3 is 51.3 Å². The number of likely N-dealkylation sites (tertiary alicyclic amines) is 1. The highest BCUT2D eigenvalue weighted by Crippen LogP contribution is 2.34. The van der Waals surface area contributed by atoms with Gasteiger partial charge in [-0.15, -0.1) is 0 Å². The van der Waals surface area contributed by atoms with Crippen molar-refractivity contribution in [3.05, 3.63) is 142 Å². The van der Waals surface area contributed by atoms with E-state index in [0.29, 0.717) is 11.1 Å². The van der Waals surface area contributed by atoms with Crippen molar-refractivity contribution in [2.24, 2.45) is 10.8 Å². The van der Waals surface area contributed by atoms with Crippen LogP contribution >= 0.6 is 0 Å². The molecule has 7 amide bonds. The Hall–Kier alpha value is -6.95. The Morgan fingerprint density at radius 3 is 1.81 bits per heavy atom. The second kappa shape index (κ2) is 25.9. The molecule has 2 aliphatic heterocycles. The van der Waals surface area contributed by atoms with E-state index in [9.17, 15) is 24.0 Å². The number of aryl methyl sites for hydroxylation is 1. The predicted molar refractivity (Wildman–Crippen MR) is 304 cm³/mol. The van der Waals surface area contributed by atoms with Gasteiger partial charge in [0.2, 0.25) is 35.4 Å². The number of ether oxygens (including phenoxy) is 1. The van der Waals surface area contributed by atoms with E-state index in [1.807, 2.05) is 114 Å². The van der Waals surface area contributed by atoms with Gasteiger partial charge in [0.15, 0.2) is 0 Å². The fraction of sp³-hybridized carbons (Fsp3) is 0.500. The monoisotopic (exact) mass is 1080 g/mol. The molecule has 0 spiro atoms. The fourth-order valence-corrected chi connectivity index (χ4v) is 11.0. The molecule has 1 aliphatic carbocycles. The van der Waals surface area contributed by atoms with Gasteiger partial charge in [0.25, 0.3) is 5.91 Å². The molecule has 4 aromatic rings. The van der Waals surface area contributed by atoms with E-state index in [1.54, 1.807) is 69.1 Å². The fourth-order valence-electron chi connectivity index (χ4n) is 11.0. The highest BCUT2D eigenvalue weighted by molar-refractivity contribution is 5.97. The van der Waals surface area contributed by atoms with E-state index in [0.717, 1.165) is 41.5 Å². The van der Waals surface area contributed by atoms with Gasteiger partial charge >= 0.3 is 0 Å². The number of benzene rings is 4. The van der Waals surface area contributed by atoms with Crippen LogP contribution in [-0.2, 0) is 59.4 Å². The topological polar surface area (TPSA) is 211 Å². The van der Waals surface area contributed by atoms with Crippen LogP contribution < -0.4 is 31.9 Å². The summed E-state index contributed by atoms with van der Waals surface area (Å²) in [6.45, 7) is 15.1. The minimum atomic E-state index is -0.974. The number of nitrogens with one attached hydrogen (secondary N) is 6. The van der Waals surface area contributed by atoms with Crippen molar-refractivity contribution in [3.63, 3.8) is 0 Å². The number of fused-ring (bicyclic) bond motifs is 2. The van der Waals surface area contributed by atoms with Crippen molar-refractivity contribution >= 4 is 41.4 Å². The molecule has 1 saturated heterocycles. The summed E-state index contributed by atoms with van der Waals surface area (Å²) in [5.74, 6) is -2.52. The molecular weight excluding hydrogens is 999 g/mol. The Morgan fingerprint density at radius 1 is 0.671 bits per heavy atom. The number of amides is 7. The van der Waals surface area contributed by atoms with Crippen LogP contribution in [0.3, 0.4) is 0 Å². The minimum Gasteiger partial charge on any atom is -0.382 e. The number of methoxy groups -OCH3 is 1. The number of carbonyl (C=O) groups excluding carboxylic acids is 7. The lowest BCUT2D eigenvalue weighted by Gasteiger charge is -2.43. The predicted octanol–water partition coefficient (Wildman–Crippen LogP) is 5.53. The number of hydrogen-bond acceptors (Lipinski definition) is 10. The zero-order chi connectivity index (χ0) is 57.3. The molecule has 0 radical (unpaired) electrons. The normalized spacial score (nSPS) is 20.0. The number of rotatable bonds is 19. The van der Waals surface area contributed by atoms with Gasteiger partial charge in [-0.2, -0.15) is 0 Å². The molecule has 79 heavy (non-hydrogen) atoms. The molecule has 17 heteroatoms. The summed E-state index contributed by atoms with van der Waals surface area (Å²) < 4.78 is 5.82. The molecular formula is C62H83N9O8. The molecule has 17 nitrogen and oxygen atoms in total. The second-order valence-electron chi connectivity index (χ2n) is 23.7. The quantitative estimate of drug-likeness (QED) is 0.0692. The van der Waals surface area contributed by atoms with Crippen molar-refractivity contribution in [1.82, 2.24) is 46.6 Å². The molecule has 424 valence electrons. The van der Waals surface area contributed by atoms with Gasteiger partial charge in [0, 0.05) is 44.8 Å². The van der Waals surface area contributed by atoms with Crippen molar-refractivity contribution < 1.29 is 38.3 Å². The largest absolute Gasteiger partial charge is 0.382 e. The molecule has 9 atom stereocenters. The molecule has 1 fully saturated rings. The molecule has 0 saturated carbocycles. The first-order chi connectivity index (χ1) is 37.5. The summed E-state index contributed by atoms with van der Waals surface area (Å²) in [4.78, 5) is 106. The number of likely N-dealkylation sites (N-methyl/N-ethyl adjacent to an activating group) is 2. The van der Waals surface area contributed by atoms with E-state index in [1.165, 1.54) is 10.5 Å². The van der Waals surface area contributed by atoms with Gasteiger partial charge in [-0.05, 0) is 110 Å². The molecule has 2 heterocycles. The maximum atomic E-state index is 15.7. The third-order valence-corrected chi connectivity index (χ3v) is 15.9. The first-order valence-corrected chi connectivity index (χ1v) is 27.8. The maximum absolute atomic E-state index is 15.7. The maximum Gasteiger partial charge on any atom is 0.251 e. The minimum absolute atomic E-state index is 0.0343. The third-order valence-electron chi connectivity index (χ3n) is 15.9. The van der Waals surface area contributed by atoms with E-state index in [4.69, 9.17) is 4.74 Å². The van der Waals surface area contributed by atoms with E-state index in [2.05, 4.69) is 38.0 Å². The van der Waals surface area contributed by atoms with E-state index in [-0.39, 0.29) is 74.7 Å². The highest BCUT2D eigenvalue weighted by atomic mass is 16.5. The van der Waals surface area contributed by atoms with Gasteiger partial charge in [-0.1, -0.05) is 133 Å². The molecule has 0 aromatic heterocycles. The molecule has 1 unspecified atom stereocenters. The summed E-state index contributed by atoms with van der Waals surface area (Å²) >= 11 is 0.